The molecule has 0 saturated carbocycles. The number of para-hydroxylation sites is 1. The lowest BCUT2D eigenvalue weighted by Gasteiger charge is -2.13. The molecule has 0 aliphatic carbocycles. The largest absolute Gasteiger partial charge is 0.416 e. The summed E-state index contributed by atoms with van der Waals surface area (Å²) in [5, 5.41) is 5.42. The van der Waals surface area contributed by atoms with Crippen molar-refractivity contribution in [2.45, 2.75) is 6.18 Å². The van der Waals surface area contributed by atoms with Gasteiger partial charge in [-0.2, -0.15) is 13.2 Å². The Labute approximate surface area is 169 Å². The molecule has 29 heavy (non-hydrogen) atoms. The van der Waals surface area contributed by atoms with Gasteiger partial charge in [0.1, 0.15) is 0 Å². The summed E-state index contributed by atoms with van der Waals surface area (Å²) in [5.41, 5.74) is -0.286. The van der Waals surface area contributed by atoms with Crippen molar-refractivity contribution in [3.8, 4) is 0 Å². The third kappa shape index (κ3) is 5.14. The third-order valence-electron chi connectivity index (χ3n) is 3.95. The second-order valence-corrected chi connectivity index (χ2v) is 6.48. The van der Waals surface area contributed by atoms with E-state index in [9.17, 15) is 22.8 Å². The fraction of sp³-hybridized carbons (Fsp3) is 0.0476. The van der Waals surface area contributed by atoms with Crippen LogP contribution >= 0.6 is 11.6 Å². The smallest absolute Gasteiger partial charge is 0.322 e. The minimum atomic E-state index is -4.52. The number of hydrogen-bond donors (Lipinski definition) is 2. The maximum absolute atomic E-state index is 12.9. The lowest BCUT2D eigenvalue weighted by atomic mass is 10.1. The van der Waals surface area contributed by atoms with Gasteiger partial charge in [0.25, 0.3) is 11.8 Å². The first-order valence-electron chi connectivity index (χ1n) is 8.38. The molecule has 0 heterocycles. The van der Waals surface area contributed by atoms with Crippen molar-refractivity contribution >= 4 is 34.8 Å². The van der Waals surface area contributed by atoms with Crippen molar-refractivity contribution < 1.29 is 22.8 Å². The third-order valence-corrected chi connectivity index (χ3v) is 4.19. The lowest BCUT2D eigenvalue weighted by Crippen LogP contribution is -2.18. The Morgan fingerprint density at radius 3 is 2.24 bits per heavy atom. The van der Waals surface area contributed by atoms with Crippen LogP contribution in [0.15, 0.2) is 72.8 Å². The van der Waals surface area contributed by atoms with Crippen LogP contribution in [0.5, 0.6) is 0 Å². The summed E-state index contributed by atoms with van der Waals surface area (Å²) in [6, 6.07) is 16.7. The Kier molecular flexibility index (Phi) is 5.89. The molecule has 0 radical (unpaired) electrons. The van der Waals surface area contributed by atoms with Gasteiger partial charge in [-0.3, -0.25) is 9.59 Å². The normalized spacial score (nSPS) is 11.0. The quantitative estimate of drug-likeness (QED) is 0.557. The number of nitrogens with one attached hydrogen (secondary N) is 2. The van der Waals surface area contributed by atoms with E-state index >= 15 is 0 Å². The molecule has 8 heteroatoms. The molecule has 3 aromatic carbocycles. The second kappa shape index (κ2) is 8.36. The van der Waals surface area contributed by atoms with E-state index in [-0.39, 0.29) is 16.9 Å². The molecule has 0 bridgehead atoms. The monoisotopic (exact) mass is 418 g/mol. The summed E-state index contributed by atoms with van der Waals surface area (Å²) >= 11 is 5.88. The SMILES string of the molecule is O=C(Nc1ccccc1C(=O)Nc1cccc(C(F)(F)F)c1)c1cccc(Cl)c1. The van der Waals surface area contributed by atoms with Crippen LogP contribution in [-0.2, 0) is 6.18 Å². The van der Waals surface area contributed by atoms with Crippen LogP contribution in [0.3, 0.4) is 0 Å². The van der Waals surface area contributed by atoms with Crippen molar-refractivity contribution in [2.24, 2.45) is 0 Å². The first-order chi connectivity index (χ1) is 13.7. The molecule has 0 spiro atoms. The average Bonchev–Trinajstić information content (AvgIpc) is 2.68. The first-order valence-corrected chi connectivity index (χ1v) is 8.76. The van der Waals surface area contributed by atoms with Gasteiger partial charge in [0.05, 0.1) is 16.8 Å². The highest BCUT2D eigenvalue weighted by Crippen LogP contribution is 2.31. The number of amides is 2. The molecule has 3 aromatic rings. The van der Waals surface area contributed by atoms with Crippen molar-refractivity contribution in [1.29, 1.82) is 0 Å². The predicted molar refractivity (Wildman–Crippen MR) is 105 cm³/mol. The molecule has 3 rings (SSSR count). The van der Waals surface area contributed by atoms with Gasteiger partial charge in [0.2, 0.25) is 0 Å². The van der Waals surface area contributed by atoms with Crippen LogP contribution in [0.2, 0.25) is 5.02 Å². The predicted octanol–water partition coefficient (Wildman–Crippen LogP) is 5.86. The Balaban J connectivity index is 1.81. The molecule has 0 aromatic heterocycles. The van der Waals surface area contributed by atoms with Gasteiger partial charge < -0.3 is 10.6 Å². The number of carbonyl (C=O) groups excluding carboxylic acids is 2. The molecule has 0 saturated heterocycles. The van der Waals surface area contributed by atoms with E-state index in [0.717, 1.165) is 12.1 Å². The van der Waals surface area contributed by atoms with E-state index in [1.165, 1.54) is 30.3 Å². The summed E-state index contributed by atoms with van der Waals surface area (Å²) in [6.07, 6.45) is -4.52. The number of alkyl halides is 3. The van der Waals surface area contributed by atoms with Gasteiger partial charge in [-0.1, -0.05) is 35.9 Å². The van der Waals surface area contributed by atoms with Crippen molar-refractivity contribution in [2.75, 3.05) is 10.6 Å². The van der Waals surface area contributed by atoms with E-state index in [1.807, 2.05) is 0 Å². The van der Waals surface area contributed by atoms with E-state index in [0.29, 0.717) is 10.6 Å². The van der Waals surface area contributed by atoms with Gasteiger partial charge in [0.15, 0.2) is 0 Å². The molecule has 0 aliphatic heterocycles. The molecule has 148 valence electrons. The maximum atomic E-state index is 12.9. The molecular weight excluding hydrogens is 405 g/mol. The summed E-state index contributed by atoms with van der Waals surface area (Å²) in [6.45, 7) is 0. The van der Waals surface area contributed by atoms with Gasteiger partial charge in [0, 0.05) is 16.3 Å². The maximum Gasteiger partial charge on any atom is 0.416 e. The van der Waals surface area contributed by atoms with Gasteiger partial charge >= 0.3 is 6.18 Å². The fourth-order valence-electron chi connectivity index (χ4n) is 2.59. The number of anilines is 2. The molecule has 0 aliphatic rings. The van der Waals surface area contributed by atoms with Crippen molar-refractivity contribution in [1.82, 2.24) is 0 Å². The highest BCUT2D eigenvalue weighted by molar-refractivity contribution is 6.31. The second-order valence-electron chi connectivity index (χ2n) is 6.04. The Hall–Kier alpha value is -3.32. The molecule has 0 fully saturated rings. The number of rotatable bonds is 4. The summed E-state index contributed by atoms with van der Waals surface area (Å²) < 4.78 is 38.6. The van der Waals surface area contributed by atoms with E-state index in [2.05, 4.69) is 10.6 Å². The Morgan fingerprint density at radius 1 is 0.793 bits per heavy atom. The number of halogens is 4. The van der Waals surface area contributed by atoms with Crippen LogP contribution in [0.4, 0.5) is 24.5 Å². The molecule has 4 nitrogen and oxygen atoms in total. The van der Waals surface area contributed by atoms with E-state index in [4.69, 9.17) is 11.6 Å². The Bertz CT molecular complexity index is 1070. The lowest BCUT2D eigenvalue weighted by molar-refractivity contribution is -0.137. The zero-order chi connectivity index (χ0) is 21.0. The summed E-state index contributed by atoms with van der Waals surface area (Å²) in [5.74, 6) is -1.14. The summed E-state index contributed by atoms with van der Waals surface area (Å²) in [4.78, 5) is 25.0. The fourth-order valence-corrected chi connectivity index (χ4v) is 2.78. The van der Waals surface area contributed by atoms with Gasteiger partial charge in [-0.05, 0) is 48.5 Å². The molecule has 0 atom stereocenters. The zero-order valence-electron chi connectivity index (χ0n) is 14.8. The zero-order valence-corrected chi connectivity index (χ0v) is 15.5. The molecule has 0 unspecified atom stereocenters. The average molecular weight is 419 g/mol. The summed E-state index contributed by atoms with van der Waals surface area (Å²) in [7, 11) is 0. The molecular formula is C21H14ClF3N2O2. The Morgan fingerprint density at radius 2 is 1.52 bits per heavy atom. The minimum absolute atomic E-state index is 0.0132. The van der Waals surface area contributed by atoms with Crippen LogP contribution < -0.4 is 10.6 Å². The standard InChI is InChI=1S/C21H14ClF3N2O2/c22-15-7-3-5-13(11-15)19(28)27-18-10-2-1-9-17(18)20(29)26-16-8-4-6-14(12-16)21(23,24)25/h1-12H,(H,26,29)(H,27,28). The molecule has 2 N–H and O–H groups in total. The van der Waals surface area contributed by atoms with Gasteiger partial charge in [-0.15, -0.1) is 0 Å². The number of benzene rings is 3. The van der Waals surface area contributed by atoms with E-state index < -0.39 is 23.6 Å². The number of hydrogen-bond acceptors (Lipinski definition) is 2. The molecule has 2 amide bonds. The minimum Gasteiger partial charge on any atom is -0.322 e. The van der Waals surface area contributed by atoms with Crippen LogP contribution in [0.1, 0.15) is 26.3 Å². The number of carbonyl (C=O) groups is 2. The van der Waals surface area contributed by atoms with Crippen molar-refractivity contribution in [3.63, 3.8) is 0 Å². The highest BCUT2D eigenvalue weighted by Gasteiger charge is 2.30. The van der Waals surface area contributed by atoms with Crippen LogP contribution in [0.25, 0.3) is 0 Å². The highest BCUT2D eigenvalue weighted by atomic mass is 35.5. The topological polar surface area (TPSA) is 58.2 Å². The first kappa shape index (κ1) is 20.4. The van der Waals surface area contributed by atoms with Crippen molar-refractivity contribution in [3.05, 3.63) is 94.5 Å². The van der Waals surface area contributed by atoms with Crippen LogP contribution in [-0.4, -0.2) is 11.8 Å². The van der Waals surface area contributed by atoms with Crippen LogP contribution in [0, 0.1) is 0 Å². The van der Waals surface area contributed by atoms with E-state index in [1.54, 1.807) is 30.3 Å². The van der Waals surface area contributed by atoms with Gasteiger partial charge in [-0.25, -0.2) is 0 Å².